The summed E-state index contributed by atoms with van der Waals surface area (Å²) >= 11 is 0. The third kappa shape index (κ3) is 5.35. The number of methoxy groups -OCH3 is 1. The lowest BCUT2D eigenvalue weighted by Crippen LogP contribution is -2.44. The van der Waals surface area contributed by atoms with E-state index >= 15 is 0 Å². The van der Waals surface area contributed by atoms with E-state index in [0.29, 0.717) is 31.2 Å². The topological polar surface area (TPSA) is 106 Å². The van der Waals surface area contributed by atoms with Crippen molar-refractivity contribution in [2.75, 3.05) is 13.7 Å². The van der Waals surface area contributed by atoms with Crippen molar-refractivity contribution in [1.82, 2.24) is 20.8 Å². The molecule has 1 aromatic rings. The van der Waals surface area contributed by atoms with Crippen molar-refractivity contribution in [2.24, 2.45) is 0 Å². The van der Waals surface area contributed by atoms with E-state index in [1.807, 2.05) is 0 Å². The molecule has 0 aliphatic carbocycles. The first-order chi connectivity index (χ1) is 9.56. The molecule has 0 saturated heterocycles. The van der Waals surface area contributed by atoms with Gasteiger partial charge in [0.2, 0.25) is 17.7 Å². The molecule has 1 rings (SSSR count). The SMILES string of the molecule is CCC(=O)N[C@@H](C)C(=O)NCc1nc(CCOC)no1. The lowest BCUT2D eigenvalue weighted by Gasteiger charge is -2.12. The number of ether oxygens (including phenoxy) is 1. The summed E-state index contributed by atoms with van der Waals surface area (Å²) in [7, 11) is 1.59. The molecule has 2 N–H and O–H groups in total. The van der Waals surface area contributed by atoms with E-state index in [1.165, 1.54) is 0 Å². The van der Waals surface area contributed by atoms with E-state index in [2.05, 4.69) is 20.8 Å². The number of carbonyl (C=O) groups excluding carboxylic acids is 2. The van der Waals surface area contributed by atoms with Gasteiger partial charge in [-0.3, -0.25) is 9.59 Å². The molecular weight excluding hydrogens is 264 g/mol. The first kappa shape index (κ1) is 16.1. The van der Waals surface area contributed by atoms with Crippen molar-refractivity contribution in [3.8, 4) is 0 Å². The normalized spacial score (nSPS) is 11.9. The third-order valence-corrected chi connectivity index (χ3v) is 2.55. The van der Waals surface area contributed by atoms with Crippen LogP contribution in [0.1, 0.15) is 32.0 Å². The van der Waals surface area contributed by atoms with Gasteiger partial charge in [-0.1, -0.05) is 12.1 Å². The fourth-order valence-corrected chi connectivity index (χ4v) is 1.38. The summed E-state index contributed by atoms with van der Waals surface area (Å²) < 4.78 is 9.88. The second-order valence-corrected chi connectivity index (χ2v) is 4.21. The molecule has 0 aliphatic heterocycles. The van der Waals surface area contributed by atoms with Crippen LogP contribution in [0, 0.1) is 0 Å². The van der Waals surface area contributed by atoms with Crippen LogP contribution in [0.15, 0.2) is 4.52 Å². The summed E-state index contributed by atoms with van der Waals surface area (Å²) in [5.74, 6) is 0.373. The summed E-state index contributed by atoms with van der Waals surface area (Å²) in [5.41, 5.74) is 0. The van der Waals surface area contributed by atoms with Crippen molar-refractivity contribution in [1.29, 1.82) is 0 Å². The van der Waals surface area contributed by atoms with Crippen LogP contribution in [-0.4, -0.2) is 41.7 Å². The first-order valence-corrected chi connectivity index (χ1v) is 6.44. The molecule has 0 bridgehead atoms. The Balaban J connectivity index is 2.36. The number of rotatable bonds is 8. The van der Waals surface area contributed by atoms with Gasteiger partial charge in [0, 0.05) is 20.0 Å². The van der Waals surface area contributed by atoms with Gasteiger partial charge in [-0.2, -0.15) is 4.98 Å². The van der Waals surface area contributed by atoms with E-state index in [9.17, 15) is 9.59 Å². The molecule has 0 unspecified atom stereocenters. The fraction of sp³-hybridized carbons (Fsp3) is 0.667. The molecule has 0 fully saturated rings. The highest BCUT2D eigenvalue weighted by molar-refractivity contribution is 5.87. The molecule has 8 heteroatoms. The van der Waals surface area contributed by atoms with Crippen LogP contribution in [0.2, 0.25) is 0 Å². The summed E-state index contributed by atoms with van der Waals surface area (Å²) in [4.78, 5) is 27.0. The number of aromatic nitrogens is 2. The smallest absolute Gasteiger partial charge is 0.246 e. The van der Waals surface area contributed by atoms with Gasteiger partial charge in [-0.15, -0.1) is 0 Å². The summed E-state index contributed by atoms with van der Waals surface area (Å²) in [6.45, 7) is 3.97. The molecule has 0 aromatic carbocycles. The molecular formula is C12H20N4O4. The van der Waals surface area contributed by atoms with Crippen LogP contribution in [0.25, 0.3) is 0 Å². The minimum atomic E-state index is -0.599. The molecule has 20 heavy (non-hydrogen) atoms. The largest absolute Gasteiger partial charge is 0.384 e. The number of nitrogens with zero attached hydrogens (tertiary/aromatic N) is 2. The molecule has 1 atom stereocenters. The van der Waals surface area contributed by atoms with Crippen molar-refractivity contribution < 1.29 is 18.8 Å². The van der Waals surface area contributed by atoms with Crippen LogP contribution in [0.4, 0.5) is 0 Å². The second-order valence-electron chi connectivity index (χ2n) is 4.21. The molecule has 0 radical (unpaired) electrons. The van der Waals surface area contributed by atoms with Crippen molar-refractivity contribution in [2.45, 2.75) is 39.3 Å². The number of carbonyl (C=O) groups is 2. The fourth-order valence-electron chi connectivity index (χ4n) is 1.38. The summed E-state index contributed by atoms with van der Waals surface area (Å²) in [5, 5.41) is 8.93. The van der Waals surface area contributed by atoms with Crippen LogP contribution < -0.4 is 10.6 Å². The van der Waals surface area contributed by atoms with E-state index < -0.39 is 6.04 Å². The zero-order chi connectivity index (χ0) is 15.0. The monoisotopic (exact) mass is 284 g/mol. The Morgan fingerprint density at radius 3 is 2.85 bits per heavy atom. The van der Waals surface area contributed by atoms with Crippen LogP contribution in [-0.2, 0) is 27.3 Å². The molecule has 0 spiro atoms. The Hall–Kier alpha value is -1.96. The van der Waals surface area contributed by atoms with E-state index in [0.717, 1.165) is 0 Å². The number of amides is 2. The van der Waals surface area contributed by atoms with Crippen molar-refractivity contribution in [3.05, 3.63) is 11.7 Å². The van der Waals surface area contributed by atoms with Gasteiger partial charge in [0.1, 0.15) is 6.04 Å². The van der Waals surface area contributed by atoms with Crippen LogP contribution >= 0.6 is 0 Å². The minimum absolute atomic E-state index is 0.130. The predicted molar refractivity (Wildman–Crippen MR) is 69.6 cm³/mol. The second kappa shape index (κ2) is 8.26. The van der Waals surface area contributed by atoms with Gasteiger partial charge in [0.05, 0.1) is 13.2 Å². The standard InChI is InChI=1S/C12H20N4O4/c1-4-10(17)14-8(2)12(18)13-7-11-15-9(16-20-11)5-6-19-3/h8H,4-7H2,1-3H3,(H,13,18)(H,14,17)/t8-/m0/s1. The lowest BCUT2D eigenvalue weighted by molar-refractivity contribution is -0.128. The van der Waals surface area contributed by atoms with E-state index in [1.54, 1.807) is 21.0 Å². The molecule has 0 aliphatic rings. The summed E-state index contributed by atoms with van der Waals surface area (Å²) in [6.07, 6.45) is 0.890. The molecule has 0 saturated carbocycles. The molecule has 1 heterocycles. The molecule has 2 amide bonds. The first-order valence-electron chi connectivity index (χ1n) is 6.44. The van der Waals surface area contributed by atoms with E-state index in [-0.39, 0.29) is 18.4 Å². The molecule has 1 aromatic heterocycles. The highest BCUT2D eigenvalue weighted by Gasteiger charge is 2.15. The van der Waals surface area contributed by atoms with Gasteiger partial charge in [0.15, 0.2) is 5.82 Å². The number of hydrogen-bond acceptors (Lipinski definition) is 6. The minimum Gasteiger partial charge on any atom is -0.384 e. The average Bonchev–Trinajstić information content (AvgIpc) is 2.90. The third-order valence-electron chi connectivity index (χ3n) is 2.55. The van der Waals surface area contributed by atoms with Gasteiger partial charge in [-0.05, 0) is 6.92 Å². The van der Waals surface area contributed by atoms with Crippen molar-refractivity contribution in [3.63, 3.8) is 0 Å². The maximum Gasteiger partial charge on any atom is 0.246 e. The Kier molecular flexibility index (Phi) is 6.65. The molecule has 112 valence electrons. The van der Waals surface area contributed by atoms with Gasteiger partial charge in [-0.25, -0.2) is 0 Å². The predicted octanol–water partition coefficient (Wildman–Crippen LogP) is -0.211. The maximum absolute atomic E-state index is 11.7. The van der Waals surface area contributed by atoms with Crippen molar-refractivity contribution >= 4 is 11.8 Å². The highest BCUT2D eigenvalue weighted by atomic mass is 16.5. The maximum atomic E-state index is 11.7. The number of nitrogens with one attached hydrogen (secondary N) is 2. The lowest BCUT2D eigenvalue weighted by atomic mass is 10.3. The molecule has 8 nitrogen and oxygen atoms in total. The Morgan fingerprint density at radius 1 is 1.45 bits per heavy atom. The summed E-state index contributed by atoms with van der Waals surface area (Å²) in [6, 6.07) is -0.599. The van der Waals surface area contributed by atoms with Crippen LogP contribution in [0.5, 0.6) is 0 Å². The quantitative estimate of drug-likeness (QED) is 0.684. The van der Waals surface area contributed by atoms with Gasteiger partial charge in [0.25, 0.3) is 0 Å². The highest BCUT2D eigenvalue weighted by Crippen LogP contribution is 1.98. The number of hydrogen-bond donors (Lipinski definition) is 2. The van der Waals surface area contributed by atoms with Gasteiger partial charge < -0.3 is 19.9 Å². The van der Waals surface area contributed by atoms with E-state index in [4.69, 9.17) is 9.26 Å². The zero-order valence-corrected chi connectivity index (χ0v) is 11.9. The Morgan fingerprint density at radius 2 is 2.20 bits per heavy atom. The van der Waals surface area contributed by atoms with Crippen LogP contribution in [0.3, 0.4) is 0 Å². The average molecular weight is 284 g/mol. The van der Waals surface area contributed by atoms with Gasteiger partial charge >= 0.3 is 0 Å². The zero-order valence-electron chi connectivity index (χ0n) is 11.9. The Labute approximate surface area is 117 Å². The Bertz CT molecular complexity index is 446.